The van der Waals surface area contributed by atoms with Gasteiger partial charge < -0.3 is 26.2 Å². The van der Waals surface area contributed by atoms with Gasteiger partial charge in [-0.25, -0.2) is 8.42 Å². The normalized spacial score (nSPS) is 21.6. The fourth-order valence-corrected chi connectivity index (χ4v) is 5.04. The first-order valence-corrected chi connectivity index (χ1v) is 12.0. The number of nitrogens with one attached hydrogen (secondary N) is 2. The molecule has 0 bridgehead atoms. The van der Waals surface area contributed by atoms with E-state index in [9.17, 15) is 27.6 Å². The molecule has 2 aliphatic rings. The first-order chi connectivity index (χ1) is 15.2. The Morgan fingerprint density at radius 2 is 1.84 bits per heavy atom. The third kappa shape index (κ3) is 5.43. The monoisotopic (exact) mass is 465 g/mol. The Balaban J connectivity index is 1.72. The van der Waals surface area contributed by atoms with Crippen LogP contribution in [0.4, 0.5) is 0 Å². The van der Waals surface area contributed by atoms with E-state index in [-0.39, 0.29) is 37.0 Å². The number of nitrogens with two attached hydrogens (primary N) is 1. The third-order valence-corrected chi connectivity index (χ3v) is 7.17. The summed E-state index contributed by atoms with van der Waals surface area (Å²) in [6, 6.07) is 5.82. The lowest BCUT2D eigenvalue weighted by Crippen LogP contribution is -2.64. The van der Waals surface area contributed by atoms with Gasteiger partial charge in [0.05, 0.1) is 18.0 Å². The van der Waals surface area contributed by atoms with Crippen LogP contribution < -0.4 is 16.4 Å². The summed E-state index contributed by atoms with van der Waals surface area (Å²) in [7, 11) is -3.86. The quantitative estimate of drug-likeness (QED) is 0.432. The van der Waals surface area contributed by atoms with Crippen molar-refractivity contribution in [2.24, 2.45) is 5.73 Å². The molecule has 0 aliphatic carbocycles. The molecule has 2 aliphatic heterocycles. The van der Waals surface area contributed by atoms with E-state index in [1.54, 1.807) is 18.2 Å². The van der Waals surface area contributed by atoms with Crippen molar-refractivity contribution >= 4 is 33.5 Å². The van der Waals surface area contributed by atoms with Crippen LogP contribution in [0.2, 0.25) is 0 Å². The third-order valence-electron chi connectivity index (χ3n) is 5.55. The van der Waals surface area contributed by atoms with Crippen LogP contribution >= 0.6 is 0 Å². The number of hydrogen-bond donors (Lipinski definition) is 3. The molecule has 2 atom stereocenters. The zero-order valence-corrected chi connectivity index (χ0v) is 18.3. The second kappa shape index (κ2) is 10.1. The van der Waals surface area contributed by atoms with Gasteiger partial charge in [0, 0.05) is 19.6 Å². The van der Waals surface area contributed by atoms with Crippen LogP contribution in [-0.2, 0) is 29.0 Å². The van der Waals surface area contributed by atoms with E-state index >= 15 is 0 Å². The summed E-state index contributed by atoms with van der Waals surface area (Å²) < 4.78 is 25.1. The number of amides is 4. The molecule has 4 N–H and O–H groups in total. The average Bonchev–Trinajstić information content (AvgIpc) is 2.80. The van der Waals surface area contributed by atoms with Crippen LogP contribution in [0, 0.1) is 0 Å². The first kappa shape index (κ1) is 23.7. The van der Waals surface area contributed by atoms with E-state index < -0.39 is 45.4 Å². The van der Waals surface area contributed by atoms with Crippen LogP contribution in [0.5, 0.6) is 0 Å². The number of sulfone groups is 1. The lowest BCUT2D eigenvalue weighted by Gasteiger charge is -2.41. The highest BCUT2D eigenvalue weighted by atomic mass is 32.2. The molecule has 0 spiro atoms. The summed E-state index contributed by atoms with van der Waals surface area (Å²) in [6.07, 6.45) is 1.17. The van der Waals surface area contributed by atoms with Crippen LogP contribution in [0.15, 0.2) is 35.2 Å². The van der Waals surface area contributed by atoms with Gasteiger partial charge in [0.1, 0.15) is 17.8 Å². The van der Waals surface area contributed by atoms with Crippen molar-refractivity contribution < 1.29 is 27.6 Å². The first-order valence-electron chi connectivity index (χ1n) is 10.4. The predicted molar refractivity (Wildman–Crippen MR) is 114 cm³/mol. The molecular formula is C20H27N5O6S. The number of rotatable bonds is 6. The molecule has 0 saturated carbocycles. The molecular weight excluding hydrogens is 438 g/mol. The number of piperazine rings is 1. The van der Waals surface area contributed by atoms with E-state index in [2.05, 4.69) is 10.6 Å². The molecule has 1 aromatic carbocycles. The summed E-state index contributed by atoms with van der Waals surface area (Å²) in [5.74, 6) is -2.78. The second-order valence-electron chi connectivity index (χ2n) is 7.71. The summed E-state index contributed by atoms with van der Waals surface area (Å²) in [5, 5.41) is 5.31. The van der Waals surface area contributed by atoms with Crippen molar-refractivity contribution in [3.8, 4) is 0 Å². The van der Waals surface area contributed by atoms with Gasteiger partial charge in [0.2, 0.25) is 23.6 Å². The summed E-state index contributed by atoms with van der Waals surface area (Å²) in [6.45, 7) is 0.133. The van der Waals surface area contributed by atoms with Crippen molar-refractivity contribution in [2.45, 2.75) is 29.8 Å². The Kier molecular flexibility index (Phi) is 7.46. The minimum absolute atomic E-state index is 0.0299. The van der Waals surface area contributed by atoms with Gasteiger partial charge in [-0.05, 0) is 25.0 Å². The van der Waals surface area contributed by atoms with E-state index in [4.69, 9.17) is 5.73 Å². The lowest BCUT2D eigenvalue weighted by atomic mass is 10.0. The zero-order valence-electron chi connectivity index (χ0n) is 17.5. The van der Waals surface area contributed by atoms with Crippen molar-refractivity contribution in [3.05, 3.63) is 30.3 Å². The molecule has 12 heteroatoms. The Morgan fingerprint density at radius 1 is 1.12 bits per heavy atom. The van der Waals surface area contributed by atoms with Crippen molar-refractivity contribution in [1.82, 2.24) is 20.4 Å². The Morgan fingerprint density at radius 3 is 2.50 bits per heavy atom. The molecule has 174 valence electrons. The Hall–Kier alpha value is -2.99. The number of piperidine rings is 1. The number of carbonyl (C=O) groups excluding carboxylic acids is 4. The zero-order chi connectivity index (χ0) is 23.3. The maximum Gasteiger partial charge on any atom is 0.245 e. The highest BCUT2D eigenvalue weighted by Crippen LogP contribution is 2.15. The lowest BCUT2D eigenvalue weighted by molar-refractivity contribution is -0.147. The molecule has 1 aromatic rings. The van der Waals surface area contributed by atoms with Crippen LogP contribution in [-0.4, -0.2) is 92.4 Å². The predicted octanol–water partition coefficient (Wildman–Crippen LogP) is -2.15. The summed E-state index contributed by atoms with van der Waals surface area (Å²) in [4.78, 5) is 52.5. The highest BCUT2D eigenvalue weighted by Gasteiger charge is 2.39. The molecule has 4 amide bonds. The minimum Gasteiger partial charge on any atom is -0.354 e. The maximum atomic E-state index is 12.9. The molecule has 2 heterocycles. The molecule has 0 radical (unpaired) electrons. The maximum absolute atomic E-state index is 12.9. The van der Waals surface area contributed by atoms with Crippen LogP contribution in [0.25, 0.3) is 0 Å². The number of carbonyl (C=O) groups is 4. The van der Waals surface area contributed by atoms with Gasteiger partial charge in [-0.3, -0.25) is 19.2 Å². The topological polar surface area (TPSA) is 159 Å². The average molecular weight is 466 g/mol. The number of benzene rings is 1. The van der Waals surface area contributed by atoms with Gasteiger partial charge in [-0.2, -0.15) is 0 Å². The highest BCUT2D eigenvalue weighted by molar-refractivity contribution is 7.92. The van der Waals surface area contributed by atoms with Crippen LogP contribution in [0.1, 0.15) is 12.8 Å². The van der Waals surface area contributed by atoms with Gasteiger partial charge in [-0.1, -0.05) is 18.2 Å². The van der Waals surface area contributed by atoms with E-state index in [0.29, 0.717) is 19.4 Å². The molecule has 11 nitrogen and oxygen atoms in total. The molecule has 2 saturated heterocycles. The van der Waals surface area contributed by atoms with Crippen molar-refractivity contribution in [2.75, 3.05) is 38.5 Å². The Labute approximate surface area is 186 Å². The second-order valence-corrected chi connectivity index (χ2v) is 9.70. The SMILES string of the molecule is NCC(=O)N1CCN(C(=O)CS(=O)(=O)c2ccccc2)C[C@@H]1C(=O)N[C@H]1CCCNC1=O. The van der Waals surface area contributed by atoms with E-state index in [1.807, 2.05) is 0 Å². The summed E-state index contributed by atoms with van der Waals surface area (Å²) in [5.41, 5.74) is 5.47. The molecule has 0 unspecified atom stereocenters. The van der Waals surface area contributed by atoms with Gasteiger partial charge in [-0.15, -0.1) is 0 Å². The van der Waals surface area contributed by atoms with Crippen molar-refractivity contribution in [3.63, 3.8) is 0 Å². The Bertz CT molecular complexity index is 983. The van der Waals surface area contributed by atoms with E-state index in [1.165, 1.54) is 21.9 Å². The number of nitrogens with zero attached hydrogens (tertiary/aromatic N) is 2. The van der Waals surface area contributed by atoms with E-state index in [0.717, 1.165) is 0 Å². The van der Waals surface area contributed by atoms with Gasteiger partial charge >= 0.3 is 0 Å². The molecule has 0 aromatic heterocycles. The van der Waals surface area contributed by atoms with Gasteiger partial charge in [0.25, 0.3) is 0 Å². The van der Waals surface area contributed by atoms with Gasteiger partial charge in [0.15, 0.2) is 9.84 Å². The van der Waals surface area contributed by atoms with Crippen LogP contribution in [0.3, 0.4) is 0 Å². The number of hydrogen-bond acceptors (Lipinski definition) is 7. The molecule has 32 heavy (non-hydrogen) atoms. The minimum atomic E-state index is -3.86. The molecule has 3 rings (SSSR count). The fraction of sp³-hybridized carbons (Fsp3) is 0.500. The molecule has 2 fully saturated rings. The fourth-order valence-electron chi connectivity index (χ4n) is 3.79. The standard InChI is InChI=1S/C20H27N5O6S/c21-11-17(26)25-10-9-24(18(27)13-32(30,31)14-5-2-1-3-6-14)12-16(25)20(29)23-15-7-4-8-22-19(15)28/h1-3,5-6,15-16H,4,7-13,21H2,(H,22,28)(H,23,29)/t15-,16+/m0/s1. The largest absolute Gasteiger partial charge is 0.354 e. The van der Waals surface area contributed by atoms with Crippen molar-refractivity contribution in [1.29, 1.82) is 0 Å². The summed E-state index contributed by atoms with van der Waals surface area (Å²) >= 11 is 0. The smallest absolute Gasteiger partial charge is 0.245 e.